The number of amides is 1. The molecule has 0 aliphatic carbocycles. The van der Waals surface area contributed by atoms with Gasteiger partial charge >= 0.3 is 0 Å². The Bertz CT molecular complexity index is 462. The average molecular weight is 279 g/mol. The minimum atomic E-state index is -0.0858. The van der Waals surface area contributed by atoms with E-state index in [2.05, 4.69) is 22.1 Å². The molecule has 1 aliphatic rings. The Kier molecular flexibility index (Phi) is 4.65. The molecule has 20 heavy (non-hydrogen) atoms. The van der Waals surface area contributed by atoms with E-state index in [-0.39, 0.29) is 5.91 Å². The number of aromatic amines is 1. The predicted molar refractivity (Wildman–Crippen MR) is 79.6 cm³/mol. The third-order valence-corrected chi connectivity index (χ3v) is 4.16. The Morgan fingerprint density at radius 1 is 1.50 bits per heavy atom. The van der Waals surface area contributed by atoms with Crippen molar-refractivity contribution < 1.29 is 4.79 Å². The first-order chi connectivity index (χ1) is 9.52. The standard InChI is InChI=1S/C14H25N5O/c1-4-11-12(15)13(17-16-11)14(20)19(3)9-10-5-7-18(2)8-6-10/h10H,4-9,15H2,1-3H3,(H,16,17). The molecule has 1 saturated heterocycles. The number of anilines is 1. The van der Waals surface area contributed by atoms with Crippen molar-refractivity contribution in [3.63, 3.8) is 0 Å². The summed E-state index contributed by atoms with van der Waals surface area (Å²) in [6.45, 7) is 4.98. The summed E-state index contributed by atoms with van der Waals surface area (Å²) in [5.74, 6) is 0.489. The zero-order valence-corrected chi connectivity index (χ0v) is 12.6. The summed E-state index contributed by atoms with van der Waals surface area (Å²) in [5, 5.41) is 6.90. The second-order valence-corrected chi connectivity index (χ2v) is 5.75. The van der Waals surface area contributed by atoms with Gasteiger partial charge in [0.2, 0.25) is 0 Å². The number of nitrogens with two attached hydrogens (primary N) is 1. The van der Waals surface area contributed by atoms with Crippen molar-refractivity contribution >= 4 is 11.6 Å². The molecule has 0 radical (unpaired) electrons. The van der Waals surface area contributed by atoms with Crippen LogP contribution in [0.3, 0.4) is 0 Å². The number of carbonyl (C=O) groups excluding carboxylic acids is 1. The highest BCUT2D eigenvalue weighted by Gasteiger charge is 2.24. The topological polar surface area (TPSA) is 78.2 Å². The van der Waals surface area contributed by atoms with Crippen LogP contribution in [0.25, 0.3) is 0 Å². The number of hydrogen-bond acceptors (Lipinski definition) is 4. The summed E-state index contributed by atoms with van der Waals surface area (Å²) >= 11 is 0. The van der Waals surface area contributed by atoms with Crippen LogP contribution in [0.4, 0.5) is 5.69 Å². The molecule has 1 fully saturated rings. The Labute approximate surface area is 120 Å². The minimum Gasteiger partial charge on any atom is -0.395 e. The maximum Gasteiger partial charge on any atom is 0.276 e. The van der Waals surface area contributed by atoms with Crippen molar-refractivity contribution in [3.05, 3.63) is 11.4 Å². The molecule has 1 aromatic heterocycles. The normalized spacial score (nSPS) is 17.4. The summed E-state index contributed by atoms with van der Waals surface area (Å²) in [4.78, 5) is 16.5. The van der Waals surface area contributed by atoms with Crippen LogP contribution in [0.15, 0.2) is 0 Å². The Morgan fingerprint density at radius 2 is 2.15 bits per heavy atom. The third-order valence-electron chi connectivity index (χ3n) is 4.16. The predicted octanol–water partition coefficient (Wildman–Crippen LogP) is 0.968. The lowest BCUT2D eigenvalue weighted by Gasteiger charge is -2.31. The van der Waals surface area contributed by atoms with Crippen LogP contribution in [0.1, 0.15) is 35.9 Å². The average Bonchev–Trinajstić information content (AvgIpc) is 2.81. The van der Waals surface area contributed by atoms with Crippen LogP contribution in [0, 0.1) is 5.92 Å². The molecule has 2 heterocycles. The fourth-order valence-electron chi connectivity index (χ4n) is 2.71. The fraction of sp³-hybridized carbons (Fsp3) is 0.714. The van der Waals surface area contributed by atoms with E-state index in [1.165, 1.54) is 0 Å². The molecule has 0 saturated carbocycles. The van der Waals surface area contributed by atoms with Crippen molar-refractivity contribution in [1.82, 2.24) is 20.0 Å². The van der Waals surface area contributed by atoms with Gasteiger partial charge in [-0.25, -0.2) is 0 Å². The Balaban J connectivity index is 1.96. The lowest BCUT2D eigenvalue weighted by molar-refractivity contribution is 0.0742. The zero-order valence-electron chi connectivity index (χ0n) is 12.6. The smallest absolute Gasteiger partial charge is 0.276 e. The molecule has 0 aromatic carbocycles. The molecular weight excluding hydrogens is 254 g/mol. The van der Waals surface area contributed by atoms with Crippen LogP contribution < -0.4 is 5.73 Å². The number of carbonyl (C=O) groups is 1. The Hall–Kier alpha value is -1.56. The maximum absolute atomic E-state index is 12.4. The van der Waals surface area contributed by atoms with Gasteiger partial charge in [-0.15, -0.1) is 0 Å². The van der Waals surface area contributed by atoms with Gasteiger partial charge in [-0.05, 0) is 45.3 Å². The number of aromatic nitrogens is 2. The molecule has 6 heteroatoms. The fourth-order valence-corrected chi connectivity index (χ4v) is 2.71. The number of nitrogen functional groups attached to an aromatic ring is 1. The number of likely N-dealkylation sites (tertiary alicyclic amines) is 1. The van der Waals surface area contributed by atoms with Gasteiger partial charge in [-0.2, -0.15) is 5.10 Å². The van der Waals surface area contributed by atoms with Gasteiger partial charge in [0, 0.05) is 13.6 Å². The highest BCUT2D eigenvalue weighted by molar-refractivity contribution is 5.97. The summed E-state index contributed by atoms with van der Waals surface area (Å²) < 4.78 is 0. The lowest BCUT2D eigenvalue weighted by Crippen LogP contribution is -2.38. The molecule has 0 unspecified atom stereocenters. The van der Waals surface area contributed by atoms with Crippen LogP contribution in [0.2, 0.25) is 0 Å². The quantitative estimate of drug-likeness (QED) is 0.861. The van der Waals surface area contributed by atoms with Crippen molar-refractivity contribution in [3.8, 4) is 0 Å². The molecule has 0 spiro atoms. The van der Waals surface area contributed by atoms with E-state index < -0.39 is 0 Å². The molecule has 1 aromatic rings. The summed E-state index contributed by atoms with van der Waals surface area (Å²) in [6.07, 6.45) is 3.04. The van der Waals surface area contributed by atoms with Gasteiger partial charge < -0.3 is 15.5 Å². The van der Waals surface area contributed by atoms with Gasteiger partial charge in [-0.1, -0.05) is 6.92 Å². The van der Waals surface area contributed by atoms with E-state index in [0.29, 0.717) is 17.3 Å². The number of piperidine rings is 1. The molecule has 1 amide bonds. The van der Waals surface area contributed by atoms with Crippen LogP contribution in [-0.4, -0.2) is 59.6 Å². The number of aryl methyl sites for hydroxylation is 1. The van der Waals surface area contributed by atoms with E-state index >= 15 is 0 Å². The highest BCUT2D eigenvalue weighted by Crippen LogP contribution is 2.20. The first-order valence-corrected chi connectivity index (χ1v) is 7.29. The van der Waals surface area contributed by atoms with Gasteiger partial charge in [0.1, 0.15) is 0 Å². The second kappa shape index (κ2) is 6.26. The first-order valence-electron chi connectivity index (χ1n) is 7.29. The van der Waals surface area contributed by atoms with Crippen LogP contribution in [0.5, 0.6) is 0 Å². The van der Waals surface area contributed by atoms with E-state index in [9.17, 15) is 4.79 Å². The molecule has 2 rings (SSSR count). The van der Waals surface area contributed by atoms with Gasteiger partial charge in [0.25, 0.3) is 5.91 Å². The SMILES string of the molecule is CCc1[nH]nc(C(=O)N(C)CC2CCN(C)CC2)c1N. The lowest BCUT2D eigenvalue weighted by atomic mass is 9.96. The largest absolute Gasteiger partial charge is 0.395 e. The monoisotopic (exact) mass is 279 g/mol. The molecule has 3 N–H and O–H groups in total. The molecule has 0 bridgehead atoms. The van der Waals surface area contributed by atoms with Crippen molar-refractivity contribution in [2.75, 3.05) is 39.5 Å². The van der Waals surface area contributed by atoms with E-state index in [4.69, 9.17) is 5.73 Å². The van der Waals surface area contributed by atoms with Crippen LogP contribution >= 0.6 is 0 Å². The minimum absolute atomic E-state index is 0.0858. The molecule has 112 valence electrons. The highest BCUT2D eigenvalue weighted by atomic mass is 16.2. The first kappa shape index (κ1) is 14.8. The summed E-state index contributed by atoms with van der Waals surface area (Å²) in [7, 11) is 3.97. The zero-order chi connectivity index (χ0) is 14.7. The number of hydrogen-bond donors (Lipinski definition) is 2. The summed E-state index contributed by atoms with van der Waals surface area (Å²) in [5.41, 5.74) is 7.64. The van der Waals surface area contributed by atoms with Crippen molar-refractivity contribution in [2.24, 2.45) is 5.92 Å². The number of H-pyrrole nitrogens is 1. The second-order valence-electron chi connectivity index (χ2n) is 5.75. The third kappa shape index (κ3) is 3.12. The number of nitrogens with one attached hydrogen (secondary N) is 1. The molecular formula is C14H25N5O. The Morgan fingerprint density at radius 3 is 2.70 bits per heavy atom. The van der Waals surface area contributed by atoms with E-state index in [1.54, 1.807) is 4.90 Å². The number of rotatable bonds is 4. The van der Waals surface area contributed by atoms with Crippen molar-refractivity contribution in [1.29, 1.82) is 0 Å². The van der Waals surface area contributed by atoms with Gasteiger partial charge in [0.05, 0.1) is 11.4 Å². The van der Waals surface area contributed by atoms with E-state index in [0.717, 1.165) is 44.6 Å². The van der Waals surface area contributed by atoms with Gasteiger partial charge in [-0.3, -0.25) is 9.89 Å². The summed E-state index contributed by atoms with van der Waals surface area (Å²) in [6, 6.07) is 0. The van der Waals surface area contributed by atoms with Gasteiger partial charge in [0.15, 0.2) is 5.69 Å². The molecule has 0 atom stereocenters. The van der Waals surface area contributed by atoms with Crippen molar-refractivity contribution in [2.45, 2.75) is 26.2 Å². The maximum atomic E-state index is 12.4. The van der Waals surface area contributed by atoms with E-state index in [1.807, 2.05) is 14.0 Å². The molecule has 6 nitrogen and oxygen atoms in total. The number of nitrogens with zero attached hydrogens (tertiary/aromatic N) is 3. The van der Waals surface area contributed by atoms with Crippen LogP contribution in [-0.2, 0) is 6.42 Å². The molecule has 1 aliphatic heterocycles.